The lowest BCUT2D eigenvalue weighted by molar-refractivity contribution is 0.847. The molecule has 0 rings (SSSR count). The molecule has 0 unspecified atom stereocenters. The van der Waals surface area contributed by atoms with E-state index in [0.29, 0.717) is 0 Å². The summed E-state index contributed by atoms with van der Waals surface area (Å²) in [5, 5.41) is 0. The van der Waals surface area contributed by atoms with Gasteiger partial charge in [-0.3, -0.25) is 0 Å². The minimum Gasteiger partial charge on any atom is -0.319 e. The van der Waals surface area contributed by atoms with E-state index in [1.807, 2.05) is 0 Å². The zero-order chi connectivity index (χ0) is 3.58. The zero-order valence-corrected chi connectivity index (χ0v) is 4.11. The smallest absolute Gasteiger partial charge is 0.225 e. The second kappa shape index (κ2) is 1.46. The predicted molar refractivity (Wildman–Crippen MR) is 20.0 cm³/mol. The van der Waals surface area contributed by atoms with Gasteiger partial charge >= 0.3 is 0 Å². The molecule has 2 heteroatoms. The fraction of sp³-hybridized carbons (Fsp3) is 1.00. The van der Waals surface area contributed by atoms with Gasteiger partial charge in [-0.25, -0.2) is 0 Å². The molecule has 0 saturated heterocycles. The summed E-state index contributed by atoms with van der Waals surface area (Å²) in [5.74, 6) is 0. The van der Waals surface area contributed by atoms with Crippen LogP contribution in [0.5, 0.6) is 0 Å². The van der Waals surface area contributed by atoms with Crippen molar-refractivity contribution in [2.45, 2.75) is 13.1 Å². The van der Waals surface area contributed by atoms with E-state index in [2.05, 4.69) is 0 Å². The predicted octanol–water partition coefficient (Wildman–Crippen LogP) is 0.939. The van der Waals surface area contributed by atoms with Gasteiger partial charge in [0.2, 0.25) is 9.13 Å². The Morgan fingerprint density at radius 3 is 1.50 bits per heavy atom. The van der Waals surface area contributed by atoms with E-state index in [-0.39, 0.29) is 0 Å². The third-order valence-corrected chi connectivity index (χ3v) is 0. The molecule has 0 spiro atoms. The Labute approximate surface area is 27.4 Å². The van der Waals surface area contributed by atoms with E-state index in [0.717, 1.165) is 0 Å². The molecule has 0 fully saturated rings. The Kier molecular flexibility index (Phi) is 1.52. The fourth-order valence-electron chi connectivity index (χ4n) is 0. The van der Waals surface area contributed by atoms with Crippen LogP contribution in [0.1, 0.15) is 0 Å². The maximum Gasteiger partial charge on any atom is 0.225 e. The Bertz CT molecular complexity index is 10.8. The van der Waals surface area contributed by atoms with E-state index in [9.17, 15) is 4.11 Å². The van der Waals surface area contributed by atoms with E-state index in [1.54, 1.807) is 13.1 Å². The molecule has 0 aromatic rings. The molecule has 0 heterocycles. The van der Waals surface area contributed by atoms with Gasteiger partial charge < -0.3 is 4.11 Å². The van der Waals surface area contributed by atoms with Gasteiger partial charge in [0.05, 0.1) is 0 Å². The second-order valence-corrected chi connectivity index (χ2v) is 3.04. The standard InChI is InChI=1S/C2H7FSi/c1-4(2)3/h4H,1-2H3. The lowest BCUT2D eigenvalue weighted by Gasteiger charge is -1.70. The Hall–Kier alpha value is 0.147. The molecular formula is C2H7FSi. The summed E-state index contributed by atoms with van der Waals surface area (Å²) < 4.78 is 11.1. The maximum absolute atomic E-state index is 11.1. The highest BCUT2D eigenvalue weighted by Crippen LogP contribution is 1.72. The molecule has 26 valence electrons. The maximum atomic E-state index is 11.1. The Morgan fingerprint density at radius 2 is 1.50 bits per heavy atom. The van der Waals surface area contributed by atoms with Crippen molar-refractivity contribution in [3.8, 4) is 0 Å². The van der Waals surface area contributed by atoms with Crippen molar-refractivity contribution in [2.24, 2.45) is 0 Å². The van der Waals surface area contributed by atoms with Crippen molar-refractivity contribution >= 4 is 9.13 Å². The fourth-order valence-corrected chi connectivity index (χ4v) is 0. The molecule has 0 bridgehead atoms. The summed E-state index contributed by atoms with van der Waals surface area (Å²) in [6.07, 6.45) is 0. The van der Waals surface area contributed by atoms with Crippen LogP contribution in [0.25, 0.3) is 0 Å². The summed E-state index contributed by atoms with van der Waals surface area (Å²) in [6.45, 7) is 3.28. The third-order valence-electron chi connectivity index (χ3n) is 0. The molecule has 0 aliphatic rings. The van der Waals surface area contributed by atoms with Crippen LogP contribution in [0.15, 0.2) is 0 Å². The van der Waals surface area contributed by atoms with E-state index >= 15 is 0 Å². The first-order chi connectivity index (χ1) is 1.73. The van der Waals surface area contributed by atoms with Crippen LogP contribution >= 0.6 is 0 Å². The van der Waals surface area contributed by atoms with E-state index in [1.165, 1.54) is 0 Å². The highest BCUT2D eigenvalue weighted by molar-refractivity contribution is 6.47. The molecule has 0 aromatic heterocycles. The van der Waals surface area contributed by atoms with Crippen molar-refractivity contribution in [1.29, 1.82) is 0 Å². The van der Waals surface area contributed by atoms with Gasteiger partial charge in [-0.1, -0.05) is 0 Å². The van der Waals surface area contributed by atoms with E-state index in [4.69, 9.17) is 0 Å². The quantitative estimate of drug-likeness (QED) is 0.299. The largest absolute Gasteiger partial charge is 0.319 e. The molecule has 0 saturated carbocycles. The average molecular weight is 78.2 g/mol. The Morgan fingerprint density at radius 1 is 1.50 bits per heavy atom. The Balaban J connectivity index is 2.32. The molecule has 4 heavy (non-hydrogen) atoms. The van der Waals surface area contributed by atoms with Crippen LogP contribution in [0.4, 0.5) is 4.11 Å². The van der Waals surface area contributed by atoms with Gasteiger partial charge in [0.1, 0.15) is 0 Å². The van der Waals surface area contributed by atoms with Crippen molar-refractivity contribution in [3.63, 3.8) is 0 Å². The van der Waals surface area contributed by atoms with Crippen molar-refractivity contribution in [3.05, 3.63) is 0 Å². The number of rotatable bonds is 0. The minimum atomic E-state index is -1.64. The van der Waals surface area contributed by atoms with Crippen LogP contribution in [-0.2, 0) is 0 Å². The number of hydrogen-bond acceptors (Lipinski definition) is 0. The lowest BCUT2D eigenvalue weighted by Crippen LogP contribution is -1.81. The van der Waals surface area contributed by atoms with Gasteiger partial charge in [0.15, 0.2) is 0 Å². The monoisotopic (exact) mass is 78.0 g/mol. The molecule has 0 nitrogen and oxygen atoms in total. The number of halogens is 1. The first-order valence-corrected chi connectivity index (χ1v) is 4.12. The highest BCUT2D eigenvalue weighted by Gasteiger charge is 1.79. The molecule has 0 radical (unpaired) electrons. The van der Waals surface area contributed by atoms with Crippen LogP contribution < -0.4 is 0 Å². The normalized spacial score (nSPS) is 9.00. The van der Waals surface area contributed by atoms with Crippen LogP contribution in [0, 0.1) is 0 Å². The van der Waals surface area contributed by atoms with Gasteiger partial charge in [-0.2, -0.15) is 0 Å². The minimum absolute atomic E-state index is 1.64. The molecule has 0 atom stereocenters. The highest BCUT2D eigenvalue weighted by atomic mass is 28.3. The third kappa shape index (κ3) is 131. The molecule has 0 aliphatic heterocycles. The summed E-state index contributed by atoms with van der Waals surface area (Å²) >= 11 is 0. The summed E-state index contributed by atoms with van der Waals surface area (Å²) in [7, 11) is -1.64. The second-order valence-electron chi connectivity index (χ2n) is 1.01. The molecule has 0 amide bonds. The van der Waals surface area contributed by atoms with E-state index < -0.39 is 9.13 Å². The van der Waals surface area contributed by atoms with Gasteiger partial charge in [0, 0.05) is 0 Å². The van der Waals surface area contributed by atoms with Crippen LogP contribution in [0.2, 0.25) is 13.1 Å². The van der Waals surface area contributed by atoms with Crippen LogP contribution in [0.3, 0.4) is 0 Å². The molecule has 0 aromatic carbocycles. The lowest BCUT2D eigenvalue weighted by atomic mass is 11.9. The zero-order valence-electron chi connectivity index (χ0n) is 2.96. The van der Waals surface area contributed by atoms with Crippen LogP contribution in [-0.4, -0.2) is 9.13 Å². The van der Waals surface area contributed by atoms with Crippen molar-refractivity contribution in [2.75, 3.05) is 0 Å². The first kappa shape index (κ1) is 4.15. The molecule has 0 aliphatic carbocycles. The average Bonchev–Trinajstić information content (AvgIpc) is 0.811. The van der Waals surface area contributed by atoms with Gasteiger partial charge in [0.25, 0.3) is 0 Å². The SMILES string of the molecule is C[SiH](C)F. The first-order valence-electron chi connectivity index (χ1n) is 1.37. The van der Waals surface area contributed by atoms with Crippen molar-refractivity contribution < 1.29 is 4.11 Å². The molecular weight excluding hydrogens is 71.1 g/mol. The van der Waals surface area contributed by atoms with Gasteiger partial charge in [-0.15, -0.1) is 0 Å². The number of hydrogen-bond donors (Lipinski definition) is 0. The van der Waals surface area contributed by atoms with Gasteiger partial charge in [-0.05, 0) is 13.1 Å². The van der Waals surface area contributed by atoms with Crippen molar-refractivity contribution in [1.82, 2.24) is 0 Å². The topological polar surface area (TPSA) is 0 Å². The summed E-state index contributed by atoms with van der Waals surface area (Å²) in [5.41, 5.74) is 0. The summed E-state index contributed by atoms with van der Waals surface area (Å²) in [6, 6.07) is 0. The summed E-state index contributed by atoms with van der Waals surface area (Å²) in [4.78, 5) is 0. The molecule has 0 N–H and O–H groups in total.